The molecule has 5 rings (SSSR count). The summed E-state index contributed by atoms with van der Waals surface area (Å²) in [6.07, 6.45) is 1.98. The van der Waals surface area contributed by atoms with E-state index < -0.39 is 17.7 Å². The molecule has 33 heavy (non-hydrogen) atoms. The highest BCUT2D eigenvalue weighted by molar-refractivity contribution is 5.59. The molecule has 0 N–H and O–H groups in total. The van der Waals surface area contributed by atoms with Crippen LogP contribution in [0.3, 0.4) is 0 Å². The van der Waals surface area contributed by atoms with Gasteiger partial charge in [0.2, 0.25) is 0 Å². The minimum absolute atomic E-state index is 0.228. The average Bonchev–Trinajstić information content (AvgIpc) is 3.44. The molecule has 0 bridgehead atoms. The molecule has 0 fully saturated rings. The predicted octanol–water partition coefficient (Wildman–Crippen LogP) is 4.79. The lowest BCUT2D eigenvalue weighted by atomic mass is 9.88. The van der Waals surface area contributed by atoms with Crippen LogP contribution in [-0.4, -0.2) is 36.4 Å². The molecule has 1 aliphatic rings. The Morgan fingerprint density at radius 2 is 1.97 bits per heavy atom. The lowest BCUT2D eigenvalue weighted by molar-refractivity contribution is -0.138. The number of methoxy groups -OCH3 is 1. The normalized spacial score (nSPS) is 16.0. The van der Waals surface area contributed by atoms with Crippen molar-refractivity contribution in [2.75, 3.05) is 7.11 Å². The molecule has 10 heteroatoms. The van der Waals surface area contributed by atoms with E-state index in [1.54, 1.807) is 41.0 Å². The summed E-state index contributed by atoms with van der Waals surface area (Å²) in [5.74, 6) is 1.53. The zero-order chi connectivity index (χ0) is 23.2. The van der Waals surface area contributed by atoms with E-state index in [2.05, 4.69) is 20.1 Å². The number of nitrogens with zero attached hydrogens (tertiary/aromatic N) is 6. The maximum atomic E-state index is 13.6. The number of rotatable bonds is 4. The standard InChI is InChI=1S/C23H21F3N6O/c1-14-12-31(13-28-14)22-19(33-2)10-15(11-27-22)20-29-21-17(7-5-9-32(21)30-20)16-6-3-4-8-18(16)23(24,25)26/h3-4,6,8,10-13,17H,5,7,9H2,1-2H3/t17-/m1/s1. The molecule has 0 saturated carbocycles. The number of hydrogen-bond acceptors (Lipinski definition) is 5. The molecule has 1 atom stereocenters. The predicted molar refractivity (Wildman–Crippen MR) is 114 cm³/mol. The number of imidazole rings is 1. The summed E-state index contributed by atoms with van der Waals surface area (Å²) < 4.78 is 49.9. The van der Waals surface area contributed by atoms with E-state index in [0.29, 0.717) is 48.2 Å². The zero-order valence-corrected chi connectivity index (χ0v) is 18.0. The Labute approximate surface area is 187 Å². The number of ether oxygens (including phenoxy) is 1. The largest absolute Gasteiger partial charge is 0.493 e. The van der Waals surface area contributed by atoms with Crippen molar-refractivity contribution in [3.05, 3.63) is 71.7 Å². The summed E-state index contributed by atoms with van der Waals surface area (Å²) in [5.41, 5.74) is 1.07. The quantitative estimate of drug-likeness (QED) is 0.444. The van der Waals surface area contributed by atoms with Crippen LogP contribution in [0.2, 0.25) is 0 Å². The Morgan fingerprint density at radius 1 is 1.15 bits per heavy atom. The smallest absolute Gasteiger partial charge is 0.416 e. The third-order valence-electron chi connectivity index (χ3n) is 5.78. The third kappa shape index (κ3) is 3.85. The lowest BCUT2D eigenvalue weighted by Gasteiger charge is -2.25. The second-order valence-corrected chi connectivity index (χ2v) is 7.97. The lowest BCUT2D eigenvalue weighted by Crippen LogP contribution is -2.21. The van der Waals surface area contributed by atoms with Gasteiger partial charge in [0.25, 0.3) is 0 Å². The minimum atomic E-state index is -4.43. The molecule has 0 radical (unpaired) electrons. The van der Waals surface area contributed by atoms with Crippen molar-refractivity contribution in [1.82, 2.24) is 29.3 Å². The van der Waals surface area contributed by atoms with Crippen molar-refractivity contribution in [1.29, 1.82) is 0 Å². The van der Waals surface area contributed by atoms with Gasteiger partial charge >= 0.3 is 6.18 Å². The summed E-state index contributed by atoms with van der Waals surface area (Å²) in [6, 6.07) is 7.47. The Kier molecular flexibility index (Phi) is 5.15. The molecular weight excluding hydrogens is 433 g/mol. The topological polar surface area (TPSA) is 70.7 Å². The van der Waals surface area contributed by atoms with Crippen LogP contribution in [0.25, 0.3) is 17.2 Å². The molecule has 0 unspecified atom stereocenters. The summed E-state index contributed by atoms with van der Waals surface area (Å²) in [7, 11) is 1.55. The van der Waals surface area contributed by atoms with Gasteiger partial charge in [-0.05, 0) is 37.5 Å². The van der Waals surface area contributed by atoms with Crippen LogP contribution in [0.1, 0.15) is 41.4 Å². The van der Waals surface area contributed by atoms with Gasteiger partial charge in [-0.1, -0.05) is 18.2 Å². The van der Waals surface area contributed by atoms with E-state index in [0.717, 1.165) is 11.8 Å². The Bertz CT molecular complexity index is 1310. The molecule has 170 valence electrons. The minimum Gasteiger partial charge on any atom is -0.493 e. The first-order valence-corrected chi connectivity index (χ1v) is 10.5. The van der Waals surface area contributed by atoms with Crippen LogP contribution in [-0.2, 0) is 12.7 Å². The number of halogens is 3. The number of benzene rings is 1. The zero-order valence-electron chi connectivity index (χ0n) is 18.0. The van der Waals surface area contributed by atoms with Crippen LogP contribution in [0, 0.1) is 6.92 Å². The maximum Gasteiger partial charge on any atom is 0.416 e. The first kappa shape index (κ1) is 21.2. The van der Waals surface area contributed by atoms with Gasteiger partial charge in [0.15, 0.2) is 17.4 Å². The second-order valence-electron chi connectivity index (χ2n) is 7.97. The molecule has 0 aliphatic carbocycles. The van der Waals surface area contributed by atoms with Gasteiger partial charge in [0, 0.05) is 30.4 Å². The van der Waals surface area contributed by atoms with Gasteiger partial charge in [0.1, 0.15) is 12.2 Å². The van der Waals surface area contributed by atoms with Crippen molar-refractivity contribution in [2.45, 2.75) is 38.4 Å². The number of fused-ring (bicyclic) bond motifs is 1. The molecule has 1 aliphatic heterocycles. The first-order valence-electron chi connectivity index (χ1n) is 10.5. The molecule has 1 aromatic carbocycles. The van der Waals surface area contributed by atoms with Crippen molar-refractivity contribution in [2.24, 2.45) is 0 Å². The summed E-state index contributed by atoms with van der Waals surface area (Å²) in [6.45, 7) is 2.48. The highest BCUT2D eigenvalue weighted by atomic mass is 19.4. The van der Waals surface area contributed by atoms with E-state index >= 15 is 0 Å². The third-order valence-corrected chi connectivity index (χ3v) is 5.78. The van der Waals surface area contributed by atoms with Gasteiger partial charge in [0.05, 0.1) is 18.4 Å². The van der Waals surface area contributed by atoms with Crippen molar-refractivity contribution in [3.8, 4) is 23.0 Å². The van der Waals surface area contributed by atoms with Crippen LogP contribution >= 0.6 is 0 Å². The van der Waals surface area contributed by atoms with Gasteiger partial charge in [-0.15, -0.1) is 0 Å². The number of hydrogen-bond donors (Lipinski definition) is 0. The molecule has 4 heterocycles. The first-order chi connectivity index (χ1) is 15.8. The fourth-order valence-electron chi connectivity index (χ4n) is 4.27. The number of pyridine rings is 1. The maximum absolute atomic E-state index is 13.6. The second kappa shape index (κ2) is 8.02. The summed E-state index contributed by atoms with van der Waals surface area (Å²) in [4.78, 5) is 13.4. The number of aromatic nitrogens is 6. The van der Waals surface area contributed by atoms with Crippen molar-refractivity contribution in [3.63, 3.8) is 0 Å². The molecule has 0 spiro atoms. The average molecular weight is 454 g/mol. The van der Waals surface area contributed by atoms with Gasteiger partial charge < -0.3 is 4.74 Å². The molecular formula is C23H21F3N6O. The monoisotopic (exact) mass is 454 g/mol. The Morgan fingerprint density at radius 3 is 2.70 bits per heavy atom. The Balaban J connectivity index is 1.55. The van der Waals surface area contributed by atoms with Gasteiger partial charge in [-0.25, -0.2) is 19.6 Å². The SMILES string of the molecule is COc1cc(-c2nc3n(n2)CCC[C@@H]3c2ccccc2C(F)(F)F)cnc1-n1cnc(C)c1. The fraction of sp³-hybridized carbons (Fsp3) is 0.304. The molecule has 7 nitrogen and oxygen atoms in total. The van der Waals surface area contributed by atoms with Crippen molar-refractivity contribution < 1.29 is 17.9 Å². The van der Waals surface area contributed by atoms with E-state index in [-0.39, 0.29) is 5.56 Å². The van der Waals surface area contributed by atoms with Crippen LogP contribution < -0.4 is 4.74 Å². The van der Waals surface area contributed by atoms with E-state index in [9.17, 15) is 13.2 Å². The number of alkyl halides is 3. The molecule has 0 saturated heterocycles. The molecule has 4 aromatic rings. The van der Waals surface area contributed by atoms with Crippen LogP contribution in [0.5, 0.6) is 5.75 Å². The molecule has 3 aromatic heterocycles. The Hall–Kier alpha value is -3.69. The van der Waals surface area contributed by atoms with Gasteiger partial charge in [-0.3, -0.25) is 4.57 Å². The number of aryl methyl sites for hydroxylation is 2. The summed E-state index contributed by atoms with van der Waals surface area (Å²) in [5, 5.41) is 4.58. The highest BCUT2D eigenvalue weighted by Gasteiger charge is 2.37. The van der Waals surface area contributed by atoms with E-state index in [1.807, 2.05) is 13.1 Å². The molecule has 0 amide bonds. The van der Waals surface area contributed by atoms with E-state index in [1.165, 1.54) is 12.1 Å². The van der Waals surface area contributed by atoms with Crippen LogP contribution in [0.15, 0.2) is 49.1 Å². The fourth-order valence-corrected chi connectivity index (χ4v) is 4.27. The highest BCUT2D eigenvalue weighted by Crippen LogP contribution is 2.41. The summed E-state index contributed by atoms with van der Waals surface area (Å²) >= 11 is 0. The van der Waals surface area contributed by atoms with E-state index in [4.69, 9.17) is 4.74 Å². The van der Waals surface area contributed by atoms with Crippen molar-refractivity contribution >= 4 is 0 Å². The van der Waals surface area contributed by atoms with Gasteiger partial charge in [-0.2, -0.15) is 18.3 Å². The van der Waals surface area contributed by atoms with Crippen LogP contribution in [0.4, 0.5) is 13.2 Å².